The monoisotopic (exact) mass is 377 g/mol. The second-order valence-electron chi connectivity index (χ2n) is 4.62. The van der Waals surface area contributed by atoms with Gasteiger partial charge in [0.2, 0.25) is 0 Å². The normalized spacial score (nSPS) is 11.8. The Morgan fingerprint density at radius 1 is 1.08 bits per heavy atom. The van der Waals surface area contributed by atoms with Crippen LogP contribution in [0.3, 0.4) is 0 Å². The van der Waals surface area contributed by atoms with Gasteiger partial charge in [0.15, 0.2) is 5.75 Å². The number of hydrogen-bond donors (Lipinski definition) is 0. The Balaban J connectivity index is 2.50. The molecule has 0 atom stereocenters. The standard InChI is InChI=1S/C14H10F3NO6S/c1-23-12-8-9(18(19)20)6-7-13(12)25(21,22)24-11-5-3-2-4-10(11)14(15,16)17/h2-8H,1H3. The lowest BCUT2D eigenvalue weighted by molar-refractivity contribution is -0.385. The molecule has 0 spiro atoms. The maximum Gasteiger partial charge on any atom is 0.420 e. The molecular weight excluding hydrogens is 367 g/mol. The number of rotatable bonds is 5. The number of nitrogens with zero attached hydrogens (tertiary/aromatic N) is 1. The number of methoxy groups -OCH3 is 1. The molecule has 0 saturated carbocycles. The highest BCUT2D eigenvalue weighted by molar-refractivity contribution is 7.87. The van der Waals surface area contributed by atoms with Gasteiger partial charge in [-0.3, -0.25) is 10.1 Å². The molecule has 25 heavy (non-hydrogen) atoms. The van der Waals surface area contributed by atoms with Crippen molar-refractivity contribution in [1.29, 1.82) is 0 Å². The van der Waals surface area contributed by atoms with Crippen LogP contribution in [0.25, 0.3) is 0 Å². The van der Waals surface area contributed by atoms with Crippen LogP contribution in [0.2, 0.25) is 0 Å². The Morgan fingerprint density at radius 3 is 2.28 bits per heavy atom. The van der Waals surface area contributed by atoms with Crippen LogP contribution >= 0.6 is 0 Å². The topological polar surface area (TPSA) is 95.7 Å². The molecule has 11 heteroatoms. The predicted molar refractivity (Wildman–Crippen MR) is 78.9 cm³/mol. The van der Waals surface area contributed by atoms with E-state index in [0.29, 0.717) is 6.07 Å². The van der Waals surface area contributed by atoms with E-state index in [1.807, 2.05) is 0 Å². The zero-order valence-corrected chi connectivity index (χ0v) is 13.3. The predicted octanol–water partition coefficient (Wildman–Crippen LogP) is 3.39. The van der Waals surface area contributed by atoms with E-state index < -0.39 is 48.9 Å². The molecule has 2 aromatic carbocycles. The molecule has 0 aliphatic heterocycles. The summed E-state index contributed by atoms with van der Waals surface area (Å²) in [6, 6.07) is 6.28. The lowest BCUT2D eigenvalue weighted by Gasteiger charge is -2.14. The van der Waals surface area contributed by atoms with Gasteiger partial charge >= 0.3 is 16.3 Å². The maximum absolute atomic E-state index is 12.9. The van der Waals surface area contributed by atoms with Gasteiger partial charge < -0.3 is 8.92 Å². The van der Waals surface area contributed by atoms with Crippen molar-refractivity contribution in [3.8, 4) is 11.5 Å². The molecule has 0 aliphatic carbocycles. The molecule has 0 aromatic heterocycles. The first-order valence-corrected chi connectivity index (χ1v) is 7.90. The van der Waals surface area contributed by atoms with Crippen LogP contribution in [0.1, 0.15) is 5.56 Å². The summed E-state index contributed by atoms with van der Waals surface area (Å²) >= 11 is 0. The zero-order chi connectivity index (χ0) is 18.8. The first-order valence-electron chi connectivity index (χ1n) is 6.49. The van der Waals surface area contributed by atoms with E-state index in [1.54, 1.807) is 0 Å². The van der Waals surface area contributed by atoms with Crippen LogP contribution in [0.15, 0.2) is 47.4 Å². The molecule has 7 nitrogen and oxygen atoms in total. The van der Waals surface area contributed by atoms with Gasteiger partial charge in [-0.2, -0.15) is 21.6 Å². The minimum absolute atomic E-state index is 0.432. The molecule has 0 aliphatic rings. The van der Waals surface area contributed by atoms with E-state index >= 15 is 0 Å². The summed E-state index contributed by atoms with van der Waals surface area (Å²) in [5.41, 5.74) is -1.73. The molecule has 0 unspecified atom stereocenters. The maximum atomic E-state index is 12.9. The van der Waals surface area contributed by atoms with Gasteiger partial charge in [0, 0.05) is 6.07 Å². The third-order valence-electron chi connectivity index (χ3n) is 3.02. The first kappa shape index (κ1) is 18.5. The second kappa shape index (κ2) is 6.59. The Labute approximate surface area is 139 Å². The molecule has 2 rings (SSSR count). The van der Waals surface area contributed by atoms with Crippen LogP contribution in [0.5, 0.6) is 11.5 Å². The van der Waals surface area contributed by atoms with E-state index in [2.05, 4.69) is 4.18 Å². The number of nitro benzene ring substituents is 1. The number of benzene rings is 2. The highest BCUT2D eigenvalue weighted by Crippen LogP contribution is 2.38. The van der Waals surface area contributed by atoms with Crippen molar-refractivity contribution >= 4 is 15.8 Å². The first-order chi connectivity index (χ1) is 11.6. The molecule has 134 valence electrons. The molecular formula is C14H10F3NO6S. The lowest BCUT2D eigenvalue weighted by atomic mass is 10.2. The summed E-state index contributed by atoms with van der Waals surface area (Å²) < 4.78 is 72.8. The fraction of sp³-hybridized carbons (Fsp3) is 0.143. The average Bonchev–Trinajstić information content (AvgIpc) is 2.53. The minimum atomic E-state index is -4.83. The van der Waals surface area contributed by atoms with Gasteiger partial charge in [-0.1, -0.05) is 12.1 Å². The van der Waals surface area contributed by atoms with Gasteiger partial charge in [0.05, 0.1) is 23.7 Å². The number of non-ortho nitro benzene ring substituents is 1. The molecule has 0 saturated heterocycles. The Kier molecular flexibility index (Phi) is 4.88. The van der Waals surface area contributed by atoms with Crippen LogP contribution in [-0.2, 0) is 16.3 Å². The van der Waals surface area contributed by atoms with Crippen molar-refractivity contribution in [3.63, 3.8) is 0 Å². The van der Waals surface area contributed by atoms with E-state index in [4.69, 9.17) is 4.74 Å². The van der Waals surface area contributed by atoms with Crippen LogP contribution in [0, 0.1) is 10.1 Å². The summed E-state index contributed by atoms with van der Waals surface area (Å²) in [6.07, 6.45) is -4.83. The summed E-state index contributed by atoms with van der Waals surface area (Å²) in [7, 11) is -3.67. The second-order valence-corrected chi connectivity index (χ2v) is 6.14. The van der Waals surface area contributed by atoms with Crippen molar-refractivity contribution in [3.05, 3.63) is 58.1 Å². The summed E-state index contributed by atoms with van der Waals surface area (Å²) in [6.45, 7) is 0. The molecule has 0 heterocycles. The molecule has 0 bridgehead atoms. The van der Waals surface area contributed by atoms with Crippen LogP contribution < -0.4 is 8.92 Å². The van der Waals surface area contributed by atoms with E-state index in [0.717, 1.165) is 37.4 Å². The largest absolute Gasteiger partial charge is 0.495 e. The minimum Gasteiger partial charge on any atom is -0.495 e. The van der Waals surface area contributed by atoms with Gasteiger partial charge in [-0.25, -0.2) is 0 Å². The lowest BCUT2D eigenvalue weighted by Crippen LogP contribution is -2.15. The van der Waals surface area contributed by atoms with Crippen molar-refractivity contribution < 1.29 is 35.4 Å². The third kappa shape index (κ3) is 3.99. The quantitative estimate of drug-likeness (QED) is 0.450. The summed E-state index contributed by atoms with van der Waals surface area (Å²) in [5, 5.41) is 10.7. The number of ether oxygens (including phenoxy) is 1. The highest BCUT2D eigenvalue weighted by atomic mass is 32.2. The van der Waals surface area contributed by atoms with Crippen LogP contribution in [0.4, 0.5) is 18.9 Å². The van der Waals surface area contributed by atoms with E-state index in [-0.39, 0.29) is 0 Å². The zero-order valence-electron chi connectivity index (χ0n) is 12.5. The number of alkyl halides is 3. The Bertz CT molecular complexity index is 911. The number of nitro groups is 1. The Morgan fingerprint density at radius 2 is 1.72 bits per heavy atom. The number of para-hydroxylation sites is 1. The fourth-order valence-corrected chi connectivity index (χ4v) is 3.01. The molecule has 2 aromatic rings. The van der Waals surface area contributed by atoms with Crippen molar-refractivity contribution in [2.24, 2.45) is 0 Å². The molecule has 0 fully saturated rings. The number of hydrogen-bond acceptors (Lipinski definition) is 6. The summed E-state index contributed by atoms with van der Waals surface area (Å²) in [5.74, 6) is -1.35. The van der Waals surface area contributed by atoms with Gasteiger partial charge in [0.1, 0.15) is 10.6 Å². The van der Waals surface area contributed by atoms with Crippen molar-refractivity contribution in [2.75, 3.05) is 7.11 Å². The van der Waals surface area contributed by atoms with Gasteiger partial charge in [0.25, 0.3) is 5.69 Å². The SMILES string of the molecule is COc1cc([N+](=O)[O-])ccc1S(=O)(=O)Oc1ccccc1C(F)(F)F. The van der Waals surface area contributed by atoms with E-state index in [9.17, 15) is 31.7 Å². The van der Waals surface area contributed by atoms with Gasteiger partial charge in [-0.05, 0) is 18.2 Å². The van der Waals surface area contributed by atoms with Crippen molar-refractivity contribution in [1.82, 2.24) is 0 Å². The third-order valence-corrected chi connectivity index (χ3v) is 4.29. The summed E-state index contributed by atoms with van der Waals surface area (Å²) in [4.78, 5) is 9.30. The van der Waals surface area contributed by atoms with E-state index in [1.165, 1.54) is 6.07 Å². The average molecular weight is 377 g/mol. The smallest absolute Gasteiger partial charge is 0.420 e. The van der Waals surface area contributed by atoms with Crippen molar-refractivity contribution in [2.45, 2.75) is 11.1 Å². The Hall–Kier alpha value is -2.82. The fourth-order valence-electron chi connectivity index (χ4n) is 1.91. The highest BCUT2D eigenvalue weighted by Gasteiger charge is 2.36. The molecule has 0 amide bonds. The van der Waals surface area contributed by atoms with Crippen LogP contribution in [-0.4, -0.2) is 20.5 Å². The molecule has 0 radical (unpaired) electrons. The number of halogens is 3. The van der Waals surface area contributed by atoms with Gasteiger partial charge in [-0.15, -0.1) is 0 Å². The molecule has 0 N–H and O–H groups in total.